The Morgan fingerprint density at radius 3 is 2.67 bits per heavy atom. The number of hydrogen-bond donors (Lipinski definition) is 2. The van der Waals surface area contributed by atoms with Crippen molar-refractivity contribution in [3.63, 3.8) is 0 Å². The molecule has 0 saturated carbocycles. The molecule has 0 aliphatic rings. The van der Waals surface area contributed by atoms with Crippen LogP contribution in [0.3, 0.4) is 0 Å². The van der Waals surface area contributed by atoms with Crippen molar-refractivity contribution in [2.24, 2.45) is 0 Å². The second kappa shape index (κ2) is 6.20. The third-order valence-electron chi connectivity index (χ3n) is 2.36. The maximum absolute atomic E-state index is 5.35. The zero-order valence-corrected chi connectivity index (χ0v) is 11.3. The first-order valence-electron chi connectivity index (χ1n) is 5.74. The zero-order valence-electron chi connectivity index (χ0n) is 10.4. The number of methoxy groups -OCH3 is 1. The number of thiophene rings is 1. The first-order valence-corrected chi connectivity index (χ1v) is 6.62. The van der Waals surface area contributed by atoms with E-state index in [0.717, 1.165) is 13.1 Å². The summed E-state index contributed by atoms with van der Waals surface area (Å²) in [4.78, 5) is 9.62. The first kappa shape index (κ1) is 12.6. The highest BCUT2D eigenvalue weighted by Crippen LogP contribution is 2.29. The van der Waals surface area contributed by atoms with Crippen LogP contribution in [0.4, 0.5) is 11.6 Å². The molecule has 0 aliphatic carbocycles. The Labute approximate surface area is 110 Å². The van der Waals surface area contributed by atoms with Gasteiger partial charge in [-0.25, -0.2) is 9.97 Å². The summed E-state index contributed by atoms with van der Waals surface area (Å²) in [5.74, 6) is 2.07. The van der Waals surface area contributed by atoms with Crippen LogP contribution in [0.5, 0.6) is 5.75 Å². The normalized spacial score (nSPS) is 10.1. The van der Waals surface area contributed by atoms with E-state index in [4.69, 9.17) is 4.74 Å². The molecule has 0 aliphatic heterocycles. The maximum atomic E-state index is 5.35. The molecule has 5 nitrogen and oxygen atoms in total. The molecule has 0 saturated heterocycles. The number of ether oxygens (including phenoxy) is 1. The molecule has 6 heteroatoms. The van der Waals surface area contributed by atoms with E-state index in [-0.39, 0.29) is 0 Å². The van der Waals surface area contributed by atoms with Gasteiger partial charge in [-0.05, 0) is 18.4 Å². The summed E-state index contributed by atoms with van der Waals surface area (Å²) < 4.78 is 5.35. The Morgan fingerprint density at radius 2 is 2.06 bits per heavy atom. The van der Waals surface area contributed by atoms with Crippen LogP contribution in [0, 0.1) is 0 Å². The van der Waals surface area contributed by atoms with Crippen molar-refractivity contribution < 1.29 is 4.74 Å². The largest absolute Gasteiger partial charge is 0.490 e. The van der Waals surface area contributed by atoms with Crippen LogP contribution >= 0.6 is 11.3 Å². The molecule has 2 rings (SSSR count). The Bertz CT molecular complexity index is 487. The van der Waals surface area contributed by atoms with Crippen molar-refractivity contribution in [2.75, 3.05) is 24.3 Å². The SMILES string of the molecule is CCNc1ncnc(NCc2cccs2)c1OC. The first-order chi connectivity index (χ1) is 8.85. The number of aromatic nitrogens is 2. The third kappa shape index (κ3) is 2.89. The van der Waals surface area contributed by atoms with E-state index in [0.29, 0.717) is 17.4 Å². The molecule has 2 aromatic rings. The van der Waals surface area contributed by atoms with E-state index in [1.165, 1.54) is 11.2 Å². The molecule has 18 heavy (non-hydrogen) atoms. The van der Waals surface area contributed by atoms with Gasteiger partial charge < -0.3 is 15.4 Å². The van der Waals surface area contributed by atoms with E-state index in [1.807, 2.05) is 13.0 Å². The number of rotatable bonds is 6. The summed E-state index contributed by atoms with van der Waals surface area (Å²) in [6.07, 6.45) is 1.53. The minimum atomic E-state index is 0.649. The van der Waals surface area contributed by atoms with Crippen molar-refractivity contribution in [3.8, 4) is 5.75 Å². The molecule has 0 fully saturated rings. The van der Waals surface area contributed by atoms with Crippen molar-refractivity contribution >= 4 is 23.0 Å². The minimum absolute atomic E-state index is 0.649. The Hall–Kier alpha value is -1.82. The van der Waals surface area contributed by atoms with Crippen LogP contribution in [0.25, 0.3) is 0 Å². The van der Waals surface area contributed by atoms with Crippen LogP contribution < -0.4 is 15.4 Å². The minimum Gasteiger partial charge on any atom is -0.490 e. The third-order valence-corrected chi connectivity index (χ3v) is 3.24. The second-order valence-electron chi connectivity index (χ2n) is 3.57. The predicted octanol–water partition coefficient (Wildman–Crippen LogP) is 2.59. The monoisotopic (exact) mass is 264 g/mol. The standard InChI is InChI=1S/C12H16N4OS/c1-3-13-11-10(17-2)12(16-8-15-11)14-7-9-5-4-6-18-9/h4-6,8H,3,7H2,1-2H3,(H2,13,14,15,16). The summed E-state index contributed by atoms with van der Waals surface area (Å²) in [5.41, 5.74) is 0. The van der Waals surface area contributed by atoms with E-state index in [1.54, 1.807) is 18.4 Å². The number of nitrogens with zero attached hydrogens (tertiary/aromatic N) is 2. The van der Waals surface area contributed by atoms with E-state index in [9.17, 15) is 0 Å². The Morgan fingerprint density at radius 1 is 1.28 bits per heavy atom. The van der Waals surface area contributed by atoms with Crippen LogP contribution in [0.15, 0.2) is 23.8 Å². The highest BCUT2D eigenvalue weighted by Gasteiger charge is 2.11. The molecule has 2 heterocycles. The van der Waals surface area contributed by atoms with Gasteiger partial charge in [-0.1, -0.05) is 6.07 Å². The van der Waals surface area contributed by atoms with Gasteiger partial charge in [0.05, 0.1) is 13.7 Å². The molecule has 0 atom stereocenters. The molecule has 96 valence electrons. The summed E-state index contributed by atoms with van der Waals surface area (Å²) in [6.45, 7) is 3.54. The molecule has 0 amide bonds. The van der Waals surface area contributed by atoms with Gasteiger partial charge in [0.15, 0.2) is 11.6 Å². The Balaban J connectivity index is 2.13. The van der Waals surface area contributed by atoms with Crippen LogP contribution in [0.2, 0.25) is 0 Å². The van der Waals surface area contributed by atoms with Crippen molar-refractivity contribution in [3.05, 3.63) is 28.7 Å². The average Bonchev–Trinajstić information content (AvgIpc) is 2.90. The lowest BCUT2D eigenvalue weighted by Crippen LogP contribution is -2.07. The van der Waals surface area contributed by atoms with Gasteiger partial charge in [-0.15, -0.1) is 11.3 Å². The van der Waals surface area contributed by atoms with Gasteiger partial charge in [-0.3, -0.25) is 0 Å². The van der Waals surface area contributed by atoms with Gasteiger partial charge in [0.25, 0.3) is 0 Å². The lowest BCUT2D eigenvalue weighted by molar-refractivity contribution is 0.414. The molecule has 0 bridgehead atoms. The molecule has 0 aromatic carbocycles. The van der Waals surface area contributed by atoms with Crippen molar-refractivity contribution in [1.29, 1.82) is 0 Å². The molecular weight excluding hydrogens is 248 g/mol. The van der Waals surface area contributed by atoms with Gasteiger partial charge in [0.2, 0.25) is 5.75 Å². The van der Waals surface area contributed by atoms with Gasteiger partial charge in [0.1, 0.15) is 6.33 Å². The smallest absolute Gasteiger partial charge is 0.204 e. The summed E-state index contributed by atoms with van der Waals surface area (Å²) in [5, 5.41) is 8.46. The van der Waals surface area contributed by atoms with Crippen LogP contribution in [0.1, 0.15) is 11.8 Å². The van der Waals surface area contributed by atoms with Crippen LogP contribution in [-0.2, 0) is 6.54 Å². The highest BCUT2D eigenvalue weighted by molar-refractivity contribution is 7.09. The van der Waals surface area contributed by atoms with Gasteiger partial charge >= 0.3 is 0 Å². The number of anilines is 2. The second-order valence-corrected chi connectivity index (χ2v) is 4.60. The summed E-state index contributed by atoms with van der Waals surface area (Å²) in [6, 6.07) is 4.11. The van der Waals surface area contributed by atoms with E-state index < -0.39 is 0 Å². The Kier molecular flexibility index (Phi) is 4.35. The van der Waals surface area contributed by atoms with E-state index in [2.05, 4.69) is 32.0 Å². The average molecular weight is 264 g/mol. The highest BCUT2D eigenvalue weighted by atomic mass is 32.1. The fourth-order valence-electron chi connectivity index (χ4n) is 1.57. The predicted molar refractivity (Wildman–Crippen MR) is 74.4 cm³/mol. The van der Waals surface area contributed by atoms with Gasteiger partial charge in [-0.2, -0.15) is 0 Å². The number of hydrogen-bond acceptors (Lipinski definition) is 6. The molecular formula is C12H16N4OS. The molecule has 2 N–H and O–H groups in total. The molecule has 0 spiro atoms. The molecule has 0 radical (unpaired) electrons. The fourth-order valence-corrected chi connectivity index (χ4v) is 2.21. The fraction of sp³-hybridized carbons (Fsp3) is 0.333. The van der Waals surface area contributed by atoms with Gasteiger partial charge in [0, 0.05) is 11.4 Å². The molecule has 2 aromatic heterocycles. The lowest BCUT2D eigenvalue weighted by Gasteiger charge is -2.12. The van der Waals surface area contributed by atoms with Crippen molar-refractivity contribution in [1.82, 2.24) is 9.97 Å². The topological polar surface area (TPSA) is 59.1 Å². The van der Waals surface area contributed by atoms with E-state index >= 15 is 0 Å². The maximum Gasteiger partial charge on any atom is 0.204 e. The summed E-state index contributed by atoms with van der Waals surface area (Å²) >= 11 is 1.71. The van der Waals surface area contributed by atoms with Crippen molar-refractivity contribution in [2.45, 2.75) is 13.5 Å². The lowest BCUT2D eigenvalue weighted by atomic mass is 10.4. The van der Waals surface area contributed by atoms with Crippen LogP contribution in [-0.4, -0.2) is 23.6 Å². The summed E-state index contributed by atoms with van der Waals surface area (Å²) in [7, 11) is 1.62. The number of nitrogens with one attached hydrogen (secondary N) is 2. The molecule has 0 unspecified atom stereocenters. The zero-order chi connectivity index (χ0) is 12.8. The quantitative estimate of drug-likeness (QED) is 0.840.